The van der Waals surface area contributed by atoms with Gasteiger partial charge >= 0.3 is 17.0 Å². The Labute approximate surface area is 187 Å². The molecule has 0 aliphatic carbocycles. The van der Waals surface area contributed by atoms with Crippen molar-refractivity contribution in [3.63, 3.8) is 0 Å². The van der Waals surface area contributed by atoms with Crippen LogP contribution in [0.25, 0.3) is 0 Å². The molecular formula is C21H24N5O5S+. The highest BCUT2D eigenvalue weighted by atomic mass is 32.2. The zero-order valence-electron chi connectivity index (χ0n) is 17.8. The van der Waals surface area contributed by atoms with Crippen LogP contribution in [0.15, 0.2) is 40.8 Å². The predicted octanol–water partition coefficient (Wildman–Crippen LogP) is 0.479. The Kier molecular flexibility index (Phi) is 5.51. The summed E-state index contributed by atoms with van der Waals surface area (Å²) in [5.74, 6) is 0.858. The second-order valence-electron chi connectivity index (χ2n) is 8.41. The number of para-hydroxylation sites is 1. The fourth-order valence-corrected chi connectivity index (χ4v) is 4.16. The summed E-state index contributed by atoms with van der Waals surface area (Å²) in [6.07, 6.45) is 0. The van der Waals surface area contributed by atoms with E-state index >= 15 is 0 Å². The number of hydrogen-bond donors (Lipinski definition) is 5. The maximum absolute atomic E-state index is 12.2. The number of ether oxygens (including phenoxy) is 2. The number of hydrogen-bond acceptors (Lipinski definition) is 7. The molecule has 2 aliphatic rings. The number of nitrogens with one attached hydrogen (secondary N) is 3. The van der Waals surface area contributed by atoms with E-state index in [1.807, 2.05) is 18.2 Å². The lowest BCUT2D eigenvalue weighted by Gasteiger charge is -2.28. The van der Waals surface area contributed by atoms with E-state index in [0.717, 1.165) is 5.56 Å². The number of amides is 1. The van der Waals surface area contributed by atoms with Gasteiger partial charge in [0.2, 0.25) is 12.6 Å². The van der Waals surface area contributed by atoms with Gasteiger partial charge in [0, 0.05) is 11.0 Å². The van der Waals surface area contributed by atoms with Gasteiger partial charge in [-0.05, 0) is 24.3 Å². The average Bonchev–Trinajstić information content (AvgIpc) is 3.32. The Morgan fingerprint density at radius 1 is 1.25 bits per heavy atom. The van der Waals surface area contributed by atoms with Crippen molar-refractivity contribution in [2.75, 3.05) is 12.1 Å². The number of phenols is 1. The average molecular weight is 459 g/mol. The molecule has 0 spiro atoms. The first-order valence-corrected chi connectivity index (χ1v) is 10.9. The number of carbonyl (C=O) groups is 1. The zero-order valence-corrected chi connectivity index (χ0v) is 18.6. The summed E-state index contributed by atoms with van der Waals surface area (Å²) in [7, 11) is 0. The van der Waals surface area contributed by atoms with Gasteiger partial charge in [-0.2, -0.15) is 8.61 Å². The first-order chi connectivity index (χ1) is 15.1. The molecule has 0 saturated carbocycles. The second-order valence-corrected chi connectivity index (χ2v) is 9.30. The smallest absolute Gasteiger partial charge is 0.333 e. The van der Waals surface area contributed by atoms with Crippen molar-refractivity contribution in [3.8, 4) is 17.2 Å². The number of anilines is 1. The molecule has 2 aromatic rings. The number of amidine groups is 2. The van der Waals surface area contributed by atoms with Crippen LogP contribution in [0.3, 0.4) is 0 Å². The minimum absolute atomic E-state index is 0.0369. The fraction of sp³-hybridized carbons (Fsp3) is 0.286. The number of primary amides is 1. The lowest BCUT2D eigenvalue weighted by Crippen LogP contribution is -2.75. The van der Waals surface area contributed by atoms with Gasteiger partial charge in [0.1, 0.15) is 6.04 Å². The Morgan fingerprint density at radius 2 is 2.00 bits per heavy atom. The predicted molar refractivity (Wildman–Crippen MR) is 120 cm³/mol. The molecule has 2 aromatic carbocycles. The van der Waals surface area contributed by atoms with Crippen LogP contribution in [0.4, 0.5) is 5.69 Å². The van der Waals surface area contributed by atoms with E-state index in [1.165, 1.54) is 6.07 Å². The maximum Gasteiger partial charge on any atom is 0.333 e. The van der Waals surface area contributed by atoms with Gasteiger partial charge in [-0.25, -0.2) is 0 Å². The number of aromatic hydroxyl groups is 1. The topological polar surface area (TPSA) is 149 Å². The molecule has 11 heteroatoms. The second kappa shape index (κ2) is 8.15. The van der Waals surface area contributed by atoms with Crippen LogP contribution < -0.4 is 30.2 Å². The molecule has 32 heavy (non-hydrogen) atoms. The van der Waals surface area contributed by atoms with E-state index in [1.54, 1.807) is 12.1 Å². The third-order valence-electron chi connectivity index (χ3n) is 5.04. The molecule has 0 bridgehead atoms. The van der Waals surface area contributed by atoms with E-state index in [0.29, 0.717) is 17.3 Å². The first-order valence-electron chi connectivity index (χ1n) is 9.83. The Bertz CT molecular complexity index is 1170. The normalized spacial score (nSPS) is 18.0. The highest BCUT2D eigenvalue weighted by molar-refractivity contribution is 7.77. The van der Waals surface area contributed by atoms with E-state index < -0.39 is 17.1 Å². The zero-order chi connectivity index (χ0) is 23.0. The summed E-state index contributed by atoms with van der Waals surface area (Å²) in [6, 6.07) is 10.0. The molecule has 0 fully saturated rings. The van der Waals surface area contributed by atoms with Crippen LogP contribution in [-0.2, 0) is 11.2 Å². The van der Waals surface area contributed by atoms with Crippen LogP contribution in [0.1, 0.15) is 42.7 Å². The molecule has 4 rings (SSSR count). The minimum atomic E-state index is -1.72. The number of benzene rings is 2. The van der Waals surface area contributed by atoms with Gasteiger partial charge in [-0.1, -0.05) is 32.9 Å². The van der Waals surface area contributed by atoms with Crippen LogP contribution in [-0.4, -0.2) is 33.7 Å². The van der Waals surface area contributed by atoms with Crippen LogP contribution in [0.2, 0.25) is 0 Å². The molecule has 2 aliphatic heterocycles. The summed E-state index contributed by atoms with van der Waals surface area (Å²) >= 11 is -1.72. The highest BCUT2D eigenvalue weighted by Crippen LogP contribution is 2.39. The largest absolute Gasteiger partial charge is 0.505 e. The van der Waals surface area contributed by atoms with E-state index in [-0.39, 0.29) is 41.1 Å². The molecule has 10 nitrogen and oxygen atoms in total. The molecule has 0 saturated heterocycles. The van der Waals surface area contributed by atoms with Crippen molar-refractivity contribution in [3.05, 3.63) is 47.5 Å². The number of carbonyl (C=O) groups excluding carboxylic acids is 1. The van der Waals surface area contributed by atoms with E-state index in [9.17, 15) is 14.1 Å². The van der Waals surface area contributed by atoms with Gasteiger partial charge < -0.3 is 25.6 Å². The summed E-state index contributed by atoms with van der Waals surface area (Å²) in [4.78, 5) is 11.5. The van der Waals surface area contributed by atoms with Gasteiger partial charge in [-0.15, -0.1) is 4.40 Å². The molecular weight excluding hydrogens is 434 g/mol. The van der Waals surface area contributed by atoms with Gasteiger partial charge in [0.15, 0.2) is 17.2 Å². The number of nitrogens with two attached hydrogens (primary N) is 1. The van der Waals surface area contributed by atoms with Gasteiger partial charge in [0.05, 0.1) is 11.3 Å². The Hall–Kier alpha value is -3.60. The summed E-state index contributed by atoms with van der Waals surface area (Å²) in [6.45, 7) is 6.37. The quantitative estimate of drug-likeness (QED) is 0.418. The monoisotopic (exact) mass is 458 g/mol. The number of fused-ring (bicyclic) bond motifs is 1. The Morgan fingerprint density at radius 3 is 2.72 bits per heavy atom. The fourth-order valence-electron chi connectivity index (χ4n) is 3.48. The number of nitrogens with zero attached hydrogens (tertiary/aromatic N) is 1. The van der Waals surface area contributed by atoms with Crippen molar-refractivity contribution in [2.24, 2.45) is 15.5 Å². The number of rotatable bonds is 4. The summed E-state index contributed by atoms with van der Waals surface area (Å²) in [5.41, 5.74) is 6.15. The lowest BCUT2D eigenvalue weighted by atomic mass is 9.82. The van der Waals surface area contributed by atoms with Gasteiger partial charge in [-0.3, -0.25) is 10.1 Å². The van der Waals surface area contributed by atoms with Crippen molar-refractivity contribution in [1.29, 1.82) is 0 Å². The highest BCUT2D eigenvalue weighted by Gasteiger charge is 2.36. The van der Waals surface area contributed by atoms with Crippen molar-refractivity contribution < 1.29 is 28.0 Å². The molecule has 6 N–H and O–H groups in total. The van der Waals surface area contributed by atoms with Crippen LogP contribution in [0, 0.1) is 5.41 Å². The summed E-state index contributed by atoms with van der Waals surface area (Å²) < 4.78 is 29.9. The van der Waals surface area contributed by atoms with Crippen LogP contribution >= 0.6 is 0 Å². The summed E-state index contributed by atoms with van der Waals surface area (Å²) in [5, 5.41) is 16.7. The van der Waals surface area contributed by atoms with E-state index in [2.05, 4.69) is 40.2 Å². The van der Waals surface area contributed by atoms with Crippen LogP contribution in [0.5, 0.6) is 17.2 Å². The third-order valence-corrected chi connectivity index (χ3v) is 5.77. The molecule has 0 aromatic heterocycles. The third kappa shape index (κ3) is 4.24. The molecule has 2 heterocycles. The minimum Gasteiger partial charge on any atom is -0.505 e. The molecule has 2 atom stereocenters. The van der Waals surface area contributed by atoms with Crippen molar-refractivity contribution in [2.45, 2.75) is 26.8 Å². The molecule has 1 amide bonds. The first kappa shape index (κ1) is 21.6. The van der Waals surface area contributed by atoms with Crippen molar-refractivity contribution in [1.82, 2.24) is 5.32 Å². The lowest BCUT2D eigenvalue weighted by molar-refractivity contribution is -0.256. The van der Waals surface area contributed by atoms with Gasteiger partial charge in [0.25, 0.3) is 5.91 Å². The molecule has 168 valence electrons. The van der Waals surface area contributed by atoms with Crippen molar-refractivity contribution >= 4 is 34.4 Å². The molecule has 0 radical (unpaired) electrons. The SMILES string of the molecule is CC(C)(C)[C@@H](NC1=[NH+]S(=O)N=C1Nc1cccc(C(N)=O)c1O)c1ccc2c(c1)OCO2. The molecule has 1 unspecified atom stereocenters. The standard InChI is InChI=1S/C21H23N5O5S/c1-21(2,3)17(11-7-8-14-15(9-11)31-10-30-14)24-20-19(25-32(29)26-20)23-13-6-4-5-12(16(13)27)18(22)28/h4-9,17,27H,10H2,1-3H3,(H2,22,28)(H,23,25)(H,24,26)/p+1/t17-,32?/m0/s1. The Balaban J connectivity index is 1.62. The van der Waals surface area contributed by atoms with E-state index in [4.69, 9.17) is 15.2 Å². The maximum atomic E-state index is 12.2.